The molecule has 0 aliphatic heterocycles. The van der Waals surface area contributed by atoms with E-state index in [0.717, 1.165) is 0 Å². The molecule has 0 bridgehead atoms. The van der Waals surface area contributed by atoms with Gasteiger partial charge in [0.05, 0.1) is 0 Å². The topological polar surface area (TPSA) is 94.5 Å². The molecule has 0 aliphatic rings. The van der Waals surface area contributed by atoms with Crippen molar-refractivity contribution in [2.75, 3.05) is 0 Å². The fourth-order valence-corrected chi connectivity index (χ4v) is 0. The van der Waals surface area contributed by atoms with Crippen molar-refractivity contribution in [3.63, 3.8) is 0 Å². The van der Waals surface area contributed by atoms with E-state index in [1.807, 2.05) is 0 Å². The summed E-state index contributed by atoms with van der Waals surface area (Å²) < 4.78 is 0. The molecule has 6 N–H and O–H groups in total. The van der Waals surface area contributed by atoms with E-state index in [1.165, 1.54) is 0 Å². The predicted octanol–water partition coefficient (Wildman–Crippen LogP) is -2.05. The van der Waals surface area contributed by atoms with Crippen LogP contribution in [0.15, 0.2) is 0 Å². The fourth-order valence-electron chi connectivity index (χ4n) is 0. The van der Waals surface area contributed by atoms with Gasteiger partial charge in [-0.05, 0) is 0 Å². The molecule has 0 rings (SSSR count). The smallest absolute Gasteiger partial charge is 0 e. The van der Waals surface area contributed by atoms with Gasteiger partial charge in [-0.1, -0.05) is 0 Å². The van der Waals surface area contributed by atoms with Crippen molar-refractivity contribution >= 4 is 12.4 Å². The molecule has 0 heterocycles. The van der Waals surface area contributed by atoms with E-state index in [-0.39, 0.29) is 70.6 Å². The fraction of sp³-hybridized carbons (Fsp3) is 0. The van der Waals surface area contributed by atoms with Crippen molar-refractivity contribution in [2.45, 2.75) is 0 Å². The van der Waals surface area contributed by atoms with Crippen LogP contribution in [0.3, 0.4) is 0 Å². The third kappa shape index (κ3) is 29.2. The molecule has 0 aromatic heterocycles. The number of hydrogen-bond donors (Lipinski definition) is 0. The Bertz CT molecular complexity index is 6.85. The maximum Gasteiger partial charge on any atom is 0 e. The SMILES string of the molecule is Cl.O.O.O.[Ce]. The number of halogens is 1. The summed E-state index contributed by atoms with van der Waals surface area (Å²) in [7, 11) is 0. The summed E-state index contributed by atoms with van der Waals surface area (Å²) >= 11 is 0. The van der Waals surface area contributed by atoms with E-state index >= 15 is 0 Å². The quantitative estimate of drug-likeness (QED) is 0.458. The van der Waals surface area contributed by atoms with Crippen LogP contribution in [0.1, 0.15) is 0 Å². The van der Waals surface area contributed by atoms with Crippen LogP contribution in [0.25, 0.3) is 0 Å². The number of hydrogen-bond acceptors (Lipinski definition) is 0. The van der Waals surface area contributed by atoms with E-state index in [1.54, 1.807) is 0 Å². The van der Waals surface area contributed by atoms with Crippen LogP contribution in [-0.4, -0.2) is 16.4 Å². The Kier molecular flexibility index (Phi) is 807. The van der Waals surface area contributed by atoms with Crippen molar-refractivity contribution in [2.24, 2.45) is 0 Å². The van der Waals surface area contributed by atoms with Crippen LogP contribution in [-0.2, 0) is 0 Å². The summed E-state index contributed by atoms with van der Waals surface area (Å²) in [6.45, 7) is 0. The summed E-state index contributed by atoms with van der Waals surface area (Å²) in [5.41, 5.74) is 0. The summed E-state index contributed by atoms with van der Waals surface area (Å²) in [6, 6.07) is 0. The maximum atomic E-state index is 0. The third-order valence-electron chi connectivity index (χ3n) is 0. The van der Waals surface area contributed by atoms with E-state index in [2.05, 4.69) is 0 Å². The average Bonchev–Trinajstić information content (AvgIpc) is 0. The van der Waals surface area contributed by atoms with Crippen molar-refractivity contribution in [3.05, 3.63) is 0 Å². The van der Waals surface area contributed by atoms with Gasteiger partial charge < -0.3 is 16.4 Å². The molecule has 0 saturated carbocycles. The Labute approximate surface area is 69.8 Å². The molecule has 0 spiro atoms. The van der Waals surface area contributed by atoms with E-state index in [4.69, 9.17) is 0 Å². The second-order valence-electron chi connectivity index (χ2n) is 0. The van der Waals surface area contributed by atoms with Gasteiger partial charge in [0.1, 0.15) is 0 Å². The normalized spacial score (nSPS) is 0. The van der Waals surface area contributed by atoms with Gasteiger partial charge in [-0.3, -0.25) is 0 Å². The minimum Gasteiger partial charge on any atom is -0.412 e. The monoisotopic (exact) mass is 230 g/mol. The molecule has 0 unspecified atom stereocenters. The Hall–Kier alpha value is 1.55. The van der Waals surface area contributed by atoms with Crippen molar-refractivity contribution in [1.29, 1.82) is 0 Å². The average molecular weight is 231 g/mol. The molecule has 36 valence electrons. The standard InChI is InChI=1S/Ce.ClH.3H2O/h;1H;3*1H2. The molecule has 5 heavy (non-hydrogen) atoms. The molecule has 0 radical (unpaired) electrons. The molecule has 0 aromatic carbocycles. The molecule has 0 saturated heterocycles. The number of rotatable bonds is 0. The maximum absolute atomic E-state index is 0. The van der Waals surface area contributed by atoms with E-state index in [0.29, 0.717) is 0 Å². The second-order valence-corrected chi connectivity index (χ2v) is 0. The minimum atomic E-state index is 0. The zero-order valence-corrected chi connectivity index (χ0v) is 6.36. The molecular formula is H7CeClO3. The Morgan fingerprint density at radius 2 is 0.600 bits per heavy atom. The van der Waals surface area contributed by atoms with E-state index in [9.17, 15) is 0 Å². The van der Waals surface area contributed by atoms with Gasteiger partial charge in [-0.15, -0.1) is 12.4 Å². The molecule has 0 aromatic rings. The van der Waals surface area contributed by atoms with Crippen LogP contribution in [0.2, 0.25) is 0 Å². The zero-order chi connectivity index (χ0) is 0. The first-order chi connectivity index (χ1) is 0. The molecular weight excluding hydrogens is 224 g/mol. The van der Waals surface area contributed by atoms with Gasteiger partial charge in [0.2, 0.25) is 0 Å². The van der Waals surface area contributed by atoms with Gasteiger partial charge in [-0.25, -0.2) is 0 Å². The molecule has 0 aliphatic carbocycles. The van der Waals surface area contributed by atoms with Crippen molar-refractivity contribution < 1.29 is 58.2 Å². The summed E-state index contributed by atoms with van der Waals surface area (Å²) in [5.74, 6) is 0. The predicted molar refractivity (Wildman–Crippen MR) is 18.1 cm³/mol. The first-order valence-corrected chi connectivity index (χ1v) is 0. The largest absolute Gasteiger partial charge is 0.412 e. The molecule has 5 heteroatoms. The van der Waals surface area contributed by atoms with Crippen molar-refractivity contribution in [3.8, 4) is 0 Å². The molecule has 0 fully saturated rings. The van der Waals surface area contributed by atoms with Crippen LogP contribution >= 0.6 is 12.4 Å². The van der Waals surface area contributed by atoms with Gasteiger partial charge in [0.25, 0.3) is 0 Å². The molecule has 3 nitrogen and oxygen atoms in total. The van der Waals surface area contributed by atoms with Crippen molar-refractivity contribution in [1.82, 2.24) is 0 Å². The summed E-state index contributed by atoms with van der Waals surface area (Å²) in [6.07, 6.45) is 0. The second kappa shape index (κ2) is 47.9. The van der Waals surface area contributed by atoms with Gasteiger partial charge >= 0.3 is 0 Å². The molecule has 0 atom stereocenters. The van der Waals surface area contributed by atoms with Gasteiger partial charge in [0, 0.05) is 41.7 Å². The summed E-state index contributed by atoms with van der Waals surface area (Å²) in [4.78, 5) is 0. The third-order valence-corrected chi connectivity index (χ3v) is 0. The first kappa shape index (κ1) is 84.2. The van der Waals surface area contributed by atoms with Gasteiger partial charge in [0.15, 0.2) is 0 Å². The Balaban J connectivity index is 0. The van der Waals surface area contributed by atoms with Gasteiger partial charge in [-0.2, -0.15) is 0 Å². The van der Waals surface area contributed by atoms with Crippen LogP contribution in [0.5, 0.6) is 0 Å². The summed E-state index contributed by atoms with van der Waals surface area (Å²) in [5, 5.41) is 0. The Morgan fingerprint density at radius 1 is 0.600 bits per heavy atom. The molecule has 0 amide bonds. The van der Waals surface area contributed by atoms with E-state index < -0.39 is 0 Å². The first-order valence-electron chi connectivity index (χ1n) is 0. The minimum absolute atomic E-state index is 0. The Morgan fingerprint density at radius 3 is 0.600 bits per heavy atom. The van der Waals surface area contributed by atoms with Crippen LogP contribution < -0.4 is 0 Å². The van der Waals surface area contributed by atoms with Crippen LogP contribution in [0, 0.1) is 41.7 Å². The van der Waals surface area contributed by atoms with Crippen LogP contribution in [0.4, 0.5) is 0 Å². The zero-order valence-electron chi connectivity index (χ0n) is 2.41.